The highest BCUT2D eigenvalue weighted by atomic mass is 16.5. The number of hydrogen-bond acceptors (Lipinski definition) is 3. The molecule has 0 spiro atoms. The van der Waals surface area contributed by atoms with E-state index in [1.807, 2.05) is 6.92 Å². The molecule has 1 aromatic rings. The zero-order valence-corrected chi connectivity index (χ0v) is 13.0. The molecule has 3 heteroatoms. The second-order valence-electron chi connectivity index (χ2n) is 6.29. The summed E-state index contributed by atoms with van der Waals surface area (Å²) < 4.78 is 5.46. The third-order valence-corrected chi connectivity index (χ3v) is 4.48. The van der Waals surface area contributed by atoms with E-state index in [4.69, 9.17) is 4.74 Å². The minimum Gasteiger partial charge on any atom is -0.386 e. The van der Waals surface area contributed by atoms with Crippen LogP contribution in [0, 0.1) is 0 Å². The maximum absolute atomic E-state index is 10.5. The van der Waals surface area contributed by atoms with Gasteiger partial charge in [-0.2, -0.15) is 0 Å². The molecule has 0 aromatic heterocycles. The van der Waals surface area contributed by atoms with Crippen LogP contribution < -0.4 is 5.32 Å². The average molecular weight is 277 g/mol. The fourth-order valence-corrected chi connectivity index (χ4v) is 2.62. The summed E-state index contributed by atoms with van der Waals surface area (Å²) in [5.41, 5.74) is 1.88. The van der Waals surface area contributed by atoms with Gasteiger partial charge in [0.2, 0.25) is 0 Å². The van der Waals surface area contributed by atoms with Crippen molar-refractivity contribution in [1.29, 1.82) is 0 Å². The van der Waals surface area contributed by atoms with E-state index in [-0.39, 0.29) is 12.1 Å². The molecule has 1 saturated heterocycles. The van der Waals surface area contributed by atoms with Crippen molar-refractivity contribution in [1.82, 2.24) is 5.32 Å². The summed E-state index contributed by atoms with van der Waals surface area (Å²) in [6.45, 7) is 9.70. The van der Waals surface area contributed by atoms with E-state index in [9.17, 15) is 5.11 Å². The lowest BCUT2D eigenvalue weighted by molar-refractivity contribution is -0.0274. The lowest BCUT2D eigenvalue weighted by Gasteiger charge is -2.28. The Labute approximate surface area is 122 Å². The molecule has 112 valence electrons. The van der Waals surface area contributed by atoms with Crippen LogP contribution in [-0.4, -0.2) is 30.0 Å². The number of hydrogen-bond donors (Lipinski definition) is 2. The number of ether oxygens (including phenoxy) is 1. The van der Waals surface area contributed by atoms with Crippen molar-refractivity contribution in [3.8, 4) is 0 Å². The Morgan fingerprint density at radius 3 is 2.35 bits per heavy atom. The zero-order chi connectivity index (χ0) is 14.8. The first-order chi connectivity index (χ1) is 9.42. The summed E-state index contributed by atoms with van der Waals surface area (Å²) >= 11 is 0. The van der Waals surface area contributed by atoms with Gasteiger partial charge < -0.3 is 15.2 Å². The van der Waals surface area contributed by atoms with E-state index in [0.29, 0.717) is 25.5 Å². The van der Waals surface area contributed by atoms with E-state index >= 15 is 0 Å². The minimum atomic E-state index is -0.730. The van der Waals surface area contributed by atoms with Gasteiger partial charge in [-0.1, -0.05) is 38.1 Å². The summed E-state index contributed by atoms with van der Waals surface area (Å²) in [4.78, 5) is 0. The number of nitrogens with one attached hydrogen (secondary N) is 1. The molecule has 20 heavy (non-hydrogen) atoms. The third-order valence-electron chi connectivity index (χ3n) is 4.48. The molecule has 0 bridgehead atoms. The van der Waals surface area contributed by atoms with Gasteiger partial charge in [0.25, 0.3) is 0 Å². The predicted molar refractivity (Wildman–Crippen MR) is 81.9 cm³/mol. The van der Waals surface area contributed by atoms with Crippen LogP contribution in [0.2, 0.25) is 0 Å². The molecule has 3 nitrogen and oxygen atoms in total. The lowest BCUT2D eigenvalue weighted by Crippen LogP contribution is -2.46. The summed E-state index contributed by atoms with van der Waals surface area (Å²) in [6.07, 6.45) is 0.616. The highest BCUT2D eigenvalue weighted by Gasteiger charge is 2.39. The van der Waals surface area contributed by atoms with Crippen LogP contribution in [0.5, 0.6) is 0 Å². The van der Waals surface area contributed by atoms with Crippen molar-refractivity contribution >= 4 is 0 Å². The third kappa shape index (κ3) is 3.40. The van der Waals surface area contributed by atoms with Crippen molar-refractivity contribution in [2.45, 2.75) is 57.8 Å². The fourth-order valence-electron chi connectivity index (χ4n) is 2.62. The van der Waals surface area contributed by atoms with E-state index in [1.54, 1.807) is 0 Å². The summed E-state index contributed by atoms with van der Waals surface area (Å²) in [6, 6.07) is 8.95. The van der Waals surface area contributed by atoms with E-state index in [0.717, 1.165) is 0 Å². The van der Waals surface area contributed by atoms with Gasteiger partial charge in [0.15, 0.2) is 0 Å². The second-order valence-corrected chi connectivity index (χ2v) is 6.29. The number of rotatable bonds is 5. The van der Waals surface area contributed by atoms with Crippen LogP contribution in [0.3, 0.4) is 0 Å². The van der Waals surface area contributed by atoms with Gasteiger partial charge in [0.1, 0.15) is 5.60 Å². The molecule has 1 heterocycles. The molecule has 3 atom stereocenters. The average Bonchev–Trinajstić information content (AvgIpc) is 2.76. The van der Waals surface area contributed by atoms with E-state index in [2.05, 4.69) is 50.4 Å². The molecule has 1 aliphatic rings. The first-order valence-corrected chi connectivity index (χ1v) is 7.59. The summed E-state index contributed by atoms with van der Waals surface area (Å²) in [7, 11) is 0. The van der Waals surface area contributed by atoms with Gasteiger partial charge in [-0.15, -0.1) is 0 Å². The highest BCUT2D eigenvalue weighted by Crippen LogP contribution is 2.26. The van der Waals surface area contributed by atoms with Crippen LogP contribution in [0.15, 0.2) is 24.3 Å². The molecule has 3 unspecified atom stereocenters. The van der Waals surface area contributed by atoms with Crippen LogP contribution in [0.25, 0.3) is 0 Å². The minimum absolute atomic E-state index is 0.0921. The Kier molecular flexibility index (Phi) is 4.84. The predicted octanol–water partition coefficient (Wildman–Crippen LogP) is 3.00. The van der Waals surface area contributed by atoms with Crippen molar-refractivity contribution < 1.29 is 9.84 Å². The van der Waals surface area contributed by atoms with Crippen molar-refractivity contribution in [2.24, 2.45) is 0 Å². The van der Waals surface area contributed by atoms with Gasteiger partial charge >= 0.3 is 0 Å². The van der Waals surface area contributed by atoms with Gasteiger partial charge in [0.05, 0.1) is 6.10 Å². The molecule has 0 aliphatic carbocycles. The molecule has 1 aliphatic heterocycles. The SMILES string of the molecule is CC(C)c1ccc(C(C)NCC2(O)CCOC2C)cc1. The van der Waals surface area contributed by atoms with Crippen LogP contribution in [0.4, 0.5) is 0 Å². The van der Waals surface area contributed by atoms with E-state index in [1.165, 1.54) is 11.1 Å². The zero-order valence-electron chi connectivity index (χ0n) is 13.0. The Morgan fingerprint density at radius 2 is 1.85 bits per heavy atom. The number of aliphatic hydroxyl groups is 1. The highest BCUT2D eigenvalue weighted by molar-refractivity contribution is 5.26. The normalized spacial score (nSPS) is 28.0. The maximum atomic E-state index is 10.5. The van der Waals surface area contributed by atoms with Crippen molar-refractivity contribution in [3.05, 3.63) is 35.4 Å². The Balaban J connectivity index is 1.93. The molecule has 0 saturated carbocycles. The van der Waals surface area contributed by atoms with Gasteiger partial charge in [-0.05, 0) is 30.9 Å². The van der Waals surface area contributed by atoms with Gasteiger partial charge in [-0.25, -0.2) is 0 Å². The summed E-state index contributed by atoms with van der Waals surface area (Å²) in [5.74, 6) is 0.560. The first kappa shape index (κ1) is 15.5. The first-order valence-electron chi connectivity index (χ1n) is 7.59. The lowest BCUT2D eigenvalue weighted by atomic mass is 9.95. The molecular formula is C17H27NO2. The Bertz CT molecular complexity index is 429. The fraction of sp³-hybridized carbons (Fsp3) is 0.647. The standard InChI is InChI=1S/C17H27NO2/c1-12(2)15-5-7-16(8-6-15)13(3)18-11-17(19)9-10-20-14(17)4/h5-8,12-14,18-19H,9-11H2,1-4H3. The monoisotopic (exact) mass is 277 g/mol. The smallest absolute Gasteiger partial charge is 0.105 e. The molecule has 0 amide bonds. The second kappa shape index (κ2) is 6.25. The quantitative estimate of drug-likeness (QED) is 0.869. The Hall–Kier alpha value is -0.900. The van der Waals surface area contributed by atoms with Gasteiger partial charge in [0, 0.05) is 25.6 Å². The van der Waals surface area contributed by atoms with Crippen LogP contribution in [-0.2, 0) is 4.74 Å². The molecule has 2 rings (SSSR count). The maximum Gasteiger partial charge on any atom is 0.105 e. The molecular weight excluding hydrogens is 250 g/mol. The molecule has 2 N–H and O–H groups in total. The number of benzene rings is 1. The molecule has 1 fully saturated rings. The van der Waals surface area contributed by atoms with Gasteiger partial charge in [-0.3, -0.25) is 0 Å². The van der Waals surface area contributed by atoms with E-state index < -0.39 is 5.60 Å². The van der Waals surface area contributed by atoms with Crippen molar-refractivity contribution in [3.63, 3.8) is 0 Å². The van der Waals surface area contributed by atoms with Crippen LogP contribution in [0.1, 0.15) is 57.2 Å². The molecule has 0 radical (unpaired) electrons. The van der Waals surface area contributed by atoms with Crippen LogP contribution >= 0.6 is 0 Å². The largest absolute Gasteiger partial charge is 0.386 e. The molecule has 1 aromatic carbocycles. The Morgan fingerprint density at radius 1 is 1.25 bits per heavy atom. The summed E-state index contributed by atoms with van der Waals surface area (Å²) in [5, 5.41) is 13.9. The topological polar surface area (TPSA) is 41.5 Å². The van der Waals surface area contributed by atoms with Crippen molar-refractivity contribution in [2.75, 3.05) is 13.2 Å².